The molecule has 3 aromatic rings. The molecule has 2 aromatic carbocycles. The molecule has 1 aromatic heterocycles. The van der Waals surface area contributed by atoms with Gasteiger partial charge in [0, 0.05) is 24.5 Å². The number of hydrogen-bond acceptors (Lipinski definition) is 5. The van der Waals surface area contributed by atoms with Crippen LogP contribution in [0.15, 0.2) is 54.6 Å². The molecule has 22 heavy (non-hydrogen) atoms. The molecular weight excluding hydrogens is 294 g/mol. The number of aromatic nitrogens is 2. The quantitative estimate of drug-likeness (QED) is 0.753. The van der Waals surface area contributed by atoms with Crippen LogP contribution in [-0.2, 0) is 13.0 Å². The Morgan fingerprint density at radius 2 is 1.86 bits per heavy atom. The van der Waals surface area contributed by atoms with Crippen LogP contribution in [0.1, 0.15) is 17.0 Å². The van der Waals surface area contributed by atoms with E-state index >= 15 is 0 Å². The maximum absolute atomic E-state index is 5.23. The standard InChI is InChI=1S/C17H17N3OS/c1-21-15-9-5-8-14(10-15)11-16-19-17(22-20-16)18-12-13-6-3-2-4-7-13/h2-10H,11-12H2,1H3,(H,18,19,20). The van der Waals surface area contributed by atoms with Gasteiger partial charge in [-0.25, -0.2) is 4.98 Å². The summed E-state index contributed by atoms with van der Waals surface area (Å²) in [4.78, 5) is 4.53. The van der Waals surface area contributed by atoms with Crippen molar-refractivity contribution in [2.45, 2.75) is 13.0 Å². The first-order chi connectivity index (χ1) is 10.8. The lowest BCUT2D eigenvalue weighted by molar-refractivity contribution is 0.414. The van der Waals surface area contributed by atoms with E-state index in [0.717, 1.165) is 28.8 Å². The number of hydrogen-bond donors (Lipinski definition) is 1. The molecule has 0 aliphatic heterocycles. The van der Waals surface area contributed by atoms with Gasteiger partial charge in [-0.15, -0.1) is 0 Å². The molecule has 3 rings (SSSR count). The zero-order valence-electron chi connectivity index (χ0n) is 12.3. The lowest BCUT2D eigenvalue weighted by Crippen LogP contribution is -1.99. The van der Waals surface area contributed by atoms with Gasteiger partial charge >= 0.3 is 0 Å². The monoisotopic (exact) mass is 311 g/mol. The topological polar surface area (TPSA) is 47.0 Å². The van der Waals surface area contributed by atoms with Crippen LogP contribution in [0.4, 0.5) is 5.13 Å². The third-order valence-corrected chi connectivity index (χ3v) is 3.96. The lowest BCUT2D eigenvalue weighted by Gasteiger charge is -2.02. The van der Waals surface area contributed by atoms with E-state index in [0.29, 0.717) is 6.42 Å². The van der Waals surface area contributed by atoms with E-state index in [2.05, 4.69) is 32.9 Å². The highest BCUT2D eigenvalue weighted by Gasteiger charge is 2.06. The Morgan fingerprint density at radius 3 is 2.68 bits per heavy atom. The molecule has 0 aliphatic carbocycles. The fraction of sp³-hybridized carbons (Fsp3) is 0.176. The predicted octanol–water partition coefficient (Wildman–Crippen LogP) is 3.75. The van der Waals surface area contributed by atoms with Gasteiger partial charge in [0.2, 0.25) is 5.13 Å². The van der Waals surface area contributed by atoms with Crippen molar-refractivity contribution in [3.8, 4) is 5.75 Å². The highest BCUT2D eigenvalue weighted by molar-refractivity contribution is 7.09. The maximum Gasteiger partial charge on any atom is 0.202 e. The van der Waals surface area contributed by atoms with Crippen molar-refractivity contribution in [3.05, 3.63) is 71.5 Å². The van der Waals surface area contributed by atoms with Crippen molar-refractivity contribution < 1.29 is 4.74 Å². The first kappa shape index (κ1) is 14.5. The van der Waals surface area contributed by atoms with Gasteiger partial charge in [0.15, 0.2) is 0 Å². The van der Waals surface area contributed by atoms with E-state index in [1.807, 2.05) is 36.4 Å². The van der Waals surface area contributed by atoms with Gasteiger partial charge in [-0.1, -0.05) is 42.5 Å². The second-order valence-corrected chi connectivity index (χ2v) is 5.64. The molecule has 1 heterocycles. The Balaban J connectivity index is 1.61. The van der Waals surface area contributed by atoms with Crippen LogP contribution >= 0.6 is 11.5 Å². The fourth-order valence-corrected chi connectivity index (χ4v) is 2.72. The number of benzene rings is 2. The molecule has 1 N–H and O–H groups in total. The number of anilines is 1. The van der Waals surface area contributed by atoms with E-state index in [1.54, 1.807) is 7.11 Å². The molecular formula is C17H17N3OS. The summed E-state index contributed by atoms with van der Waals surface area (Å²) in [6.45, 7) is 0.759. The fourth-order valence-electron chi connectivity index (χ4n) is 2.14. The van der Waals surface area contributed by atoms with E-state index in [1.165, 1.54) is 17.1 Å². The minimum Gasteiger partial charge on any atom is -0.497 e. The zero-order chi connectivity index (χ0) is 15.2. The van der Waals surface area contributed by atoms with E-state index in [9.17, 15) is 0 Å². The first-order valence-corrected chi connectivity index (χ1v) is 7.84. The van der Waals surface area contributed by atoms with Crippen LogP contribution in [0.25, 0.3) is 0 Å². The van der Waals surface area contributed by atoms with Gasteiger partial charge in [0.1, 0.15) is 11.6 Å². The SMILES string of the molecule is COc1cccc(Cc2nsc(NCc3ccccc3)n2)c1. The van der Waals surface area contributed by atoms with Crippen molar-refractivity contribution >= 4 is 16.7 Å². The third kappa shape index (κ3) is 3.83. The smallest absolute Gasteiger partial charge is 0.202 e. The predicted molar refractivity (Wildman–Crippen MR) is 89.5 cm³/mol. The molecule has 0 saturated carbocycles. The van der Waals surface area contributed by atoms with Gasteiger partial charge in [-0.05, 0) is 23.3 Å². The molecule has 0 atom stereocenters. The normalized spacial score (nSPS) is 10.4. The second kappa shape index (κ2) is 7.04. The third-order valence-electron chi connectivity index (χ3n) is 3.25. The summed E-state index contributed by atoms with van der Waals surface area (Å²) >= 11 is 1.39. The summed E-state index contributed by atoms with van der Waals surface area (Å²) in [6, 6.07) is 18.2. The Bertz CT molecular complexity index is 728. The minimum absolute atomic E-state index is 0.709. The van der Waals surface area contributed by atoms with Crippen LogP contribution in [0.5, 0.6) is 5.75 Å². The number of nitrogens with zero attached hydrogens (tertiary/aromatic N) is 2. The maximum atomic E-state index is 5.23. The van der Waals surface area contributed by atoms with Gasteiger partial charge in [-0.2, -0.15) is 4.37 Å². The molecule has 0 fully saturated rings. The summed E-state index contributed by atoms with van der Waals surface area (Å²) in [5.41, 5.74) is 2.37. The van der Waals surface area contributed by atoms with Crippen LogP contribution < -0.4 is 10.1 Å². The second-order valence-electron chi connectivity index (χ2n) is 4.88. The summed E-state index contributed by atoms with van der Waals surface area (Å²) in [5.74, 6) is 1.68. The van der Waals surface area contributed by atoms with E-state index < -0.39 is 0 Å². The number of methoxy groups -OCH3 is 1. The van der Waals surface area contributed by atoms with Gasteiger partial charge in [0.25, 0.3) is 0 Å². The van der Waals surface area contributed by atoms with Crippen LogP contribution in [0.3, 0.4) is 0 Å². The number of nitrogens with one attached hydrogen (secondary N) is 1. The molecule has 0 saturated heterocycles. The molecule has 0 unspecified atom stereocenters. The largest absolute Gasteiger partial charge is 0.497 e. The van der Waals surface area contributed by atoms with Crippen molar-refractivity contribution in [3.63, 3.8) is 0 Å². The van der Waals surface area contributed by atoms with Crippen molar-refractivity contribution in [2.24, 2.45) is 0 Å². The minimum atomic E-state index is 0.709. The Hall–Kier alpha value is -2.40. The molecule has 0 bridgehead atoms. The number of ether oxygens (including phenoxy) is 1. The van der Waals surface area contributed by atoms with Crippen LogP contribution in [0, 0.1) is 0 Å². The Kier molecular flexibility index (Phi) is 4.65. The van der Waals surface area contributed by atoms with Crippen LogP contribution in [0.2, 0.25) is 0 Å². The average Bonchev–Trinajstić information content (AvgIpc) is 3.01. The summed E-state index contributed by atoms with van der Waals surface area (Å²) < 4.78 is 9.64. The Labute approximate surface area is 134 Å². The Morgan fingerprint density at radius 1 is 1.05 bits per heavy atom. The van der Waals surface area contributed by atoms with Gasteiger partial charge in [-0.3, -0.25) is 0 Å². The molecule has 0 radical (unpaired) electrons. The van der Waals surface area contributed by atoms with Gasteiger partial charge in [0.05, 0.1) is 7.11 Å². The summed E-state index contributed by atoms with van der Waals surface area (Å²) in [5, 5.41) is 4.16. The highest BCUT2D eigenvalue weighted by Crippen LogP contribution is 2.18. The lowest BCUT2D eigenvalue weighted by atomic mass is 10.1. The average molecular weight is 311 g/mol. The molecule has 0 spiro atoms. The molecule has 0 amide bonds. The first-order valence-electron chi connectivity index (χ1n) is 7.07. The molecule has 5 heteroatoms. The van der Waals surface area contributed by atoms with Crippen LogP contribution in [-0.4, -0.2) is 16.5 Å². The zero-order valence-corrected chi connectivity index (χ0v) is 13.1. The van der Waals surface area contributed by atoms with Gasteiger partial charge < -0.3 is 10.1 Å². The summed E-state index contributed by atoms with van der Waals surface area (Å²) in [7, 11) is 1.67. The van der Waals surface area contributed by atoms with Crippen molar-refractivity contribution in [1.29, 1.82) is 0 Å². The van der Waals surface area contributed by atoms with E-state index in [-0.39, 0.29) is 0 Å². The summed E-state index contributed by atoms with van der Waals surface area (Å²) in [6.07, 6.45) is 0.709. The van der Waals surface area contributed by atoms with Crippen molar-refractivity contribution in [1.82, 2.24) is 9.36 Å². The highest BCUT2D eigenvalue weighted by atomic mass is 32.1. The molecule has 4 nitrogen and oxygen atoms in total. The molecule has 112 valence electrons. The molecule has 0 aliphatic rings. The van der Waals surface area contributed by atoms with E-state index in [4.69, 9.17) is 4.74 Å². The van der Waals surface area contributed by atoms with Crippen molar-refractivity contribution in [2.75, 3.05) is 12.4 Å². The number of rotatable bonds is 6.